The van der Waals surface area contributed by atoms with Crippen LogP contribution in [0.3, 0.4) is 0 Å². The Labute approximate surface area is 118 Å². The van der Waals surface area contributed by atoms with Crippen LogP contribution in [0.25, 0.3) is 0 Å². The average Bonchev–Trinajstić information content (AvgIpc) is 2.53. The lowest BCUT2D eigenvalue weighted by molar-refractivity contribution is -0.165. The average molecular weight is 339 g/mol. The maximum Gasteiger partial charge on any atom is 0.303 e. The quantitative estimate of drug-likeness (QED) is 0.419. The van der Waals surface area contributed by atoms with Crippen LogP contribution in [0.15, 0.2) is 0 Å². The second-order valence-corrected chi connectivity index (χ2v) is 4.88. The van der Waals surface area contributed by atoms with E-state index in [2.05, 4.69) is 15.9 Å². The Kier molecular flexibility index (Phi) is 5.74. The summed E-state index contributed by atoms with van der Waals surface area (Å²) in [5.74, 6) is -1.55. The summed E-state index contributed by atoms with van der Waals surface area (Å²) in [5.41, 5.74) is 0. The number of rotatable bonds is 4. The summed E-state index contributed by atoms with van der Waals surface area (Å²) in [6.07, 6.45) is -2.31. The number of hydrogen-bond acceptors (Lipinski definition) is 7. The Hall–Kier alpha value is -1.15. The zero-order chi connectivity index (χ0) is 14.6. The number of alkyl halides is 1. The number of ether oxygens (including phenoxy) is 4. The first-order valence-corrected chi connectivity index (χ1v) is 6.50. The first kappa shape index (κ1) is 15.9. The Morgan fingerprint density at radius 3 is 2.00 bits per heavy atom. The van der Waals surface area contributed by atoms with Gasteiger partial charge in [-0.25, -0.2) is 0 Å². The van der Waals surface area contributed by atoms with Gasteiger partial charge < -0.3 is 18.9 Å². The van der Waals surface area contributed by atoms with Gasteiger partial charge in [-0.15, -0.1) is 0 Å². The summed E-state index contributed by atoms with van der Waals surface area (Å²) in [6, 6.07) is 0. The molecule has 0 N–H and O–H groups in total. The van der Waals surface area contributed by atoms with E-state index >= 15 is 0 Å². The van der Waals surface area contributed by atoms with Gasteiger partial charge in [-0.05, 0) is 0 Å². The van der Waals surface area contributed by atoms with E-state index in [1.807, 2.05) is 0 Å². The molecule has 1 aliphatic rings. The molecule has 0 aromatic carbocycles. The molecule has 108 valence electrons. The fourth-order valence-corrected chi connectivity index (χ4v) is 2.35. The molecule has 8 heteroatoms. The largest absolute Gasteiger partial charge is 0.463 e. The van der Waals surface area contributed by atoms with Crippen LogP contribution in [0.4, 0.5) is 0 Å². The van der Waals surface area contributed by atoms with Gasteiger partial charge in [0.2, 0.25) is 0 Å². The second-order valence-electron chi connectivity index (χ2n) is 3.98. The highest BCUT2D eigenvalue weighted by atomic mass is 79.9. The fraction of sp³-hybridized carbons (Fsp3) is 0.727. The maximum atomic E-state index is 11.1. The van der Waals surface area contributed by atoms with Crippen molar-refractivity contribution < 1.29 is 33.3 Å². The molecule has 1 fully saturated rings. The zero-order valence-corrected chi connectivity index (χ0v) is 12.3. The number of hydrogen-bond donors (Lipinski definition) is 0. The van der Waals surface area contributed by atoms with Gasteiger partial charge in [0, 0.05) is 20.8 Å². The van der Waals surface area contributed by atoms with Gasteiger partial charge in [0.15, 0.2) is 17.2 Å². The van der Waals surface area contributed by atoms with Gasteiger partial charge in [-0.1, -0.05) is 15.9 Å². The molecule has 1 unspecified atom stereocenters. The smallest absolute Gasteiger partial charge is 0.303 e. The van der Waals surface area contributed by atoms with E-state index in [4.69, 9.17) is 18.9 Å². The van der Waals surface area contributed by atoms with Crippen LogP contribution in [0.1, 0.15) is 20.8 Å². The third-order valence-corrected chi connectivity index (χ3v) is 3.05. The van der Waals surface area contributed by atoms with Gasteiger partial charge in [-0.2, -0.15) is 0 Å². The lowest BCUT2D eigenvalue weighted by atomic mass is 10.1. The third-order valence-electron chi connectivity index (χ3n) is 2.31. The Morgan fingerprint density at radius 1 is 1.00 bits per heavy atom. The Bertz CT molecular complexity index is 370. The number of carbonyl (C=O) groups excluding carboxylic acids is 3. The van der Waals surface area contributed by atoms with Crippen molar-refractivity contribution in [2.75, 3.05) is 6.61 Å². The lowest BCUT2D eigenvalue weighted by Gasteiger charge is -2.22. The highest BCUT2D eigenvalue weighted by molar-refractivity contribution is 9.09. The highest BCUT2D eigenvalue weighted by Gasteiger charge is 2.48. The molecule has 0 aromatic heterocycles. The lowest BCUT2D eigenvalue weighted by Crippen LogP contribution is -2.40. The summed E-state index contributed by atoms with van der Waals surface area (Å²) in [4.78, 5) is 32.9. The standard InChI is InChI=1S/C11H15BrO7/c1-5(13)16-4-8-9(17-6(2)14)10(11(12)19-8)18-7(3)15/h8-11H,4H2,1-3H3/t8-,9-,10-,11?/m1/s1. The highest BCUT2D eigenvalue weighted by Crippen LogP contribution is 2.30. The van der Waals surface area contributed by atoms with Gasteiger partial charge in [0.25, 0.3) is 0 Å². The second kappa shape index (κ2) is 6.85. The van der Waals surface area contributed by atoms with Crippen molar-refractivity contribution in [3.63, 3.8) is 0 Å². The molecule has 1 heterocycles. The minimum Gasteiger partial charge on any atom is -0.463 e. The summed E-state index contributed by atoms with van der Waals surface area (Å²) >= 11 is 3.18. The van der Waals surface area contributed by atoms with Crippen molar-refractivity contribution in [2.45, 2.75) is 44.1 Å². The van der Waals surface area contributed by atoms with Crippen LogP contribution in [0, 0.1) is 0 Å². The van der Waals surface area contributed by atoms with Gasteiger partial charge in [0.05, 0.1) is 0 Å². The van der Waals surface area contributed by atoms with E-state index in [1.165, 1.54) is 20.8 Å². The predicted octanol–water partition coefficient (Wildman–Crippen LogP) is 0.533. The van der Waals surface area contributed by atoms with Crippen LogP contribution in [-0.4, -0.2) is 47.8 Å². The molecule has 0 radical (unpaired) electrons. The molecule has 0 amide bonds. The topological polar surface area (TPSA) is 88.1 Å². The van der Waals surface area contributed by atoms with Gasteiger partial charge in [0.1, 0.15) is 12.7 Å². The molecule has 1 saturated heterocycles. The summed E-state index contributed by atoms with van der Waals surface area (Å²) < 4.78 is 20.4. The van der Waals surface area contributed by atoms with Crippen LogP contribution in [0.5, 0.6) is 0 Å². The van der Waals surface area contributed by atoms with Gasteiger partial charge >= 0.3 is 17.9 Å². The predicted molar refractivity (Wildman–Crippen MR) is 65.3 cm³/mol. The van der Waals surface area contributed by atoms with Crippen molar-refractivity contribution in [3.8, 4) is 0 Å². The Morgan fingerprint density at radius 2 is 1.53 bits per heavy atom. The minimum absolute atomic E-state index is 0.0901. The van der Waals surface area contributed by atoms with Crippen molar-refractivity contribution in [1.82, 2.24) is 0 Å². The SMILES string of the molecule is CC(=O)OC[C@H]1OC(Br)[C@H](OC(C)=O)[C@@H]1OC(C)=O. The minimum atomic E-state index is -0.829. The van der Waals surface area contributed by atoms with E-state index in [0.29, 0.717) is 0 Å². The van der Waals surface area contributed by atoms with E-state index in [9.17, 15) is 14.4 Å². The van der Waals surface area contributed by atoms with Crippen molar-refractivity contribution in [1.29, 1.82) is 0 Å². The van der Waals surface area contributed by atoms with E-state index in [1.54, 1.807) is 0 Å². The molecule has 19 heavy (non-hydrogen) atoms. The third kappa shape index (κ3) is 4.79. The van der Waals surface area contributed by atoms with Crippen LogP contribution in [0.2, 0.25) is 0 Å². The molecule has 0 bridgehead atoms. The summed E-state index contributed by atoms with van der Waals surface area (Å²) in [5, 5.41) is -0.638. The maximum absolute atomic E-state index is 11.1. The van der Waals surface area contributed by atoms with Crippen molar-refractivity contribution in [3.05, 3.63) is 0 Å². The van der Waals surface area contributed by atoms with Crippen LogP contribution >= 0.6 is 15.9 Å². The van der Waals surface area contributed by atoms with E-state index < -0.39 is 41.2 Å². The zero-order valence-electron chi connectivity index (χ0n) is 10.8. The van der Waals surface area contributed by atoms with Gasteiger partial charge in [-0.3, -0.25) is 14.4 Å². The van der Waals surface area contributed by atoms with Crippen LogP contribution in [-0.2, 0) is 33.3 Å². The van der Waals surface area contributed by atoms with Crippen molar-refractivity contribution in [2.24, 2.45) is 0 Å². The summed E-state index contributed by atoms with van der Waals surface area (Å²) in [6.45, 7) is 3.64. The molecular weight excluding hydrogens is 324 g/mol. The number of esters is 3. The number of carbonyl (C=O) groups is 3. The first-order valence-electron chi connectivity index (χ1n) is 5.58. The molecule has 7 nitrogen and oxygen atoms in total. The fourth-order valence-electron chi connectivity index (χ4n) is 1.66. The molecule has 0 spiro atoms. The molecule has 1 rings (SSSR count). The monoisotopic (exact) mass is 338 g/mol. The Balaban J connectivity index is 2.76. The van der Waals surface area contributed by atoms with E-state index in [-0.39, 0.29) is 6.61 Å². The molecule has 0 aromatic rings. The first-order chi connectivity index (χ1) is 8.81. The molecule has 4 atom stereocenters. The molecular formula is C11H15BrO7. The number of halogens is 1. The molecule has 0 saturated carbocycles. The van der Waals surface area contributed by atoms with Crippen LogP contribution < -0.4 is 0 Å². The van der Waals surface area contributed by atoms with Crippen molar-refractivity contribution >= 4 is 33.8 Å². The van der Waals surface area contributed by atoms with E-state index in [0.717, 1.165) is 0 Å². The molecule has 0 aliphatic carbocycles. The summed E-state index contributed by atoms with van der Waals surface area (Å²) in [7, 11) is 0. The molecule has 1 aliphatic heterocycles. The normalized spacial score (nSPS) is 29.7.